The van der Waals surface area contributed by atoms with E-state index in [1.807, 2.05) is 24.4 Å². The molecule has 0 atom stereocenters. The van der Waals surface area contributed by atoms with Gasteiger partial charge in [-0.05, 0) is 36.2 Å². The van der Waals surface area contributed by atoms with Crippen LogP contribution in [-0.2, 0) is 21.2 Å². The molecule has 2 heterocycles. The van der Waals surface area contributed by atoms with Crippen LogP contribution in [0.5, 0.6) is 5.75 Å². The molecule has 0 amide bonds. The van der Waals surface area contributed by atoms with Crippen molar-refractivity contribution in [1.29, 1.82) is 0 Å². The van der Waals surface area contributed by atoms with Crippen LogP contribution in [0.25, 0.3) is 10.9 Å². The van der Waals surface area contributed by atoms with Crippen LogP contribution in [-0.4, -0.2) is 40.1 Å². The number of hydrogen-bond acceptors (Lipinski definition) is 6. The van der Waals surface area contributed by atoms with E-state index in [9.17, 15) is 13.2 Å². The Kier molecular flexibility index (Phi) is 5.75. The zero-order valence-electron chi connectivity index (χ0n) is 14.5. The first kappa shape index (κ1) is 19.7. The van der Waals surface area contributed by atoms with E-state index in [1.165, 1.54) is 13.2 Å². The van der Waals surface area contributed by atoms with Gasteiger partial charge in [-0.1, -0.05) is 11.6 Å². The number of thiophene rings is 1. The Morgan fingerprint density at radius 1 is 1.30 bits per heavy atom. The minimum Gasteiger partial charge on any atom is -0.497 e. The minimum atomic E-state index is -3.90. The number of carbonyl (C=O) groups is 1. The van der Waals surface area contributed by atoms with Crippen LogP contribution in [0.15, 0.2) is 35.4 Å². The van der Waals surface area contributed by atoms with Crippen molar-refractivity contribution in [2.45, 2.75) is 11.3 Å². The third kappa shape index (κ3) is 4.11. The molecule has 0 aliphatic heterocycles. The molecule has 0 unspecified atom stereocenters. The summed E-state index contributed by atoms with van der Waals surface area (Å²) in [6.07, 6.45) is 2.29. The van der Waals surface area contributed by atoms with Gasteiger partial charge in [0.2, 0.25) is 10.0 Å². The SMILES string of the molecule is COC(=O)c1sc(Cl)cc1S(=O)(=O)NCCc1c[nH]c2ccc(OC)cc12. The van der Waals surface area contributed by atoms with E-state index >= 15 is 0 Å². The molecule has 0 aliphatic carbocycles. The number of aromatic nitrogens is 1. The van der Waals surface area contributed by atoms with Gasteiger partial charge in [-0.3, -0.25) is 0 Å². The average Bonchev–Trinajstić information content (AvgIpc) is 3.24. The lowest BCUT2D eigenvalue weighted by atomic mass is 10.1. The summed E-state index contributed by atoms with van der Waals surface area (Å²) >= 11 is 6.75. The number of aromatic amines is 1. The van der Waals surface area contributed by atoms with E-state index in [-0.39, 0.29) is 20.7 Å². The fraction of sp³-hybridized carbons (Fsp3) is 0.235. The zero-order chi connectivity index (χ0) is 19.6. The summed E-state index contributed by atoms with van der Waals surface area (Å²) in [4.78, 5) is 14.7. The van der Waals surface area contributed by atoms with Gasteiger partial charge in [0.15, 0.2) is 0 Å². The third-order valence-corrected chi connectivity index (χ3v) is 6.85. The van der Waals surface area contributed by atoms with Crippen molar-refractivity contribution in [3.63, 3.8) is 0 Å². The molecule has 10 heteroatoms. The predicted molar refractivity (Wildman–Crippen MR) is 104 cm³/mol. The molecule has 0 bridgehead atoms. The van der Waals surface area contributed by atoms with Crippen LogP contribution in [0.3, 0.4) is 0 Å². The molecule has 2 aromatic heterocycles. The van der Waals surface area contributed by atoms with Crippen LogP contribution < -0.4 is 9.46 Å². The third-order valence-electron chi connectivity index (χ3n) is 3.99. The maximum absolute atomic E-state index is 12.6. The maximum atomic E-state index is 12.6. The molecule has 3 rings (SSSR count). The molecule has 0 spiro atoms. The monoisotopic (exact) mass is 428 g/mol. The first-order valence-electron chi connectivity index (χ1n) is 7.87. The van der Waals surface area contributed by atoms with Crippen LogP contribution in [0.1, 0.15) is 15.2 Å². The molecule has 2 N–H and O–H groups in total. The van der Waals surface area contributed by atoms with Crippen molar-refractivity contribution >= 4 is 49.8 Å². The molecule has 0 saturated carbocycles. The molecule has 144 valence electrons. The highest BCUT2D eigenvalue weighted by atomic mass is 35.5. The number of ether oxygens (including phenoxy) is 2. The number of H-pyrrole nitrogens is 1. The summed E-state index contributed by atoms with van der Waals surface area (Å²) in [5.41, 5.74) is 1.88. The van der Waals surface area contributed by atoms with Crippen molar-refractivity contribution in [3.05, 3.63) is 45.2 Å². The van der Waals surface area contributed by atoms with Crippen molar-refractivity contribution in [2.75, 3.05) is 20.8 Å². The van der Waals surface area contributed by atoms with E-state index in [2.05, 4.69) is 14.4 Å². The van der Waals surface area contributed by atoms with Gasteiger partial charge in [0.1, 0.15) is 15.5 Å². The quantitative estimate of drug-likeness (QED) is 0.563. The van der Waals surface area contributed by atoms with Crippen molar-refractivity contribution < 1.29 is 22.7 Å². The van der Waals surface area contributed by atoms with Gasteiger partial charge >= 0.3 is 5.97 Å². The highest BCUT2D eigenvalue weighted by Gasteiger charge is 2.26. The summed E-state index contributed by atoms with van der Waals surface area (Å²) in [5, 5.41) is 0.961. The Morgan fingerprint density at radius 2 is 2.07 bits per heavy atom. The van der Waals surface area contributed by atoms with Crippen molar-refractivity contribution in [1.82, 2.24) is 9.71 Å². The molecule has 27 heavy (non-hydrogen) atoms. The molecular weight excluding hydrogens is 412 g/mol. The van der Waals surface area contributed by atoms with Gasteiger partial charge in [-0.25, -0.2) is 17.9 Å². The number of halogens is 1. The Labute approximate surface area is 165 Å². The Morgan fingerprint density at radius 3 is 2.78 bits per heavy atom. The minimum absolute atomic E-state index is 0.0492. The highest BCUT2D eigenvalue weighted by Crippen LogP contribution is 2.31. The molecule has 0 fully saturated rings. The summed E-state index contributed by atoms with van der Waals surface area (Å²) in [6, 6.07) is 6.89. The van der Waals surface area contributed by atoms with Gasteiger partial charge in [0.05, 0.1) is 18.6 Å². The number of esters is 1. The smallest absolute Gasteiger partial charge is 0.349 e. The molecular formula is C17H17ClN2O5S2. The van der Waals surface area contributed by atoms with Crippen LogP contribution in [0, 0.1) is 0 Å². The van der Waals surface area contributed by atoms with Gasteiger partial charge < -0.3 is 14.5 Å². The second-order valence-corrected chi connectivity index (χ2v) is 9.03. The van der Waals surface area contributed by atoms with E-state index in [1.54, 1.807) is 7.11 Å². The first-order valence-corrected chi connectivity index (χ1v) is 10.5. The average molecular weight is 429 g/mol. The number of rotatable bonds is 7. The maximum Gasteiger partial charge on any atom is 0.349 e. The van der Waals surface area contributed by atoms with Crippen LogP contribution in [0.2, 0.25) is 4.34 Å². The summed E-state index contributed by atoms with van der Waals surface area (Å²) < 4.78 is 37.7. The number of hydrogen-bond donors (Lipinski definition) is 2. The Bertz CT molecular complexity index is 1090. The Hall–Kier alpha value is -2.07. The summed E-state index contributed by atoms with van der Waals surface area (Å²) in [5.74, 6) is -0.0180. The molecule has 0 aliphatic rings. The molecule has 7 nitrogen and oxygen atoms in total. The highest BCUT2D eigenvalue weighted by molar-refractivity contribution is 7.89. The van der Waals surface area contributed by atoms with Crippen molar-refractivity contribution in [2.24, 2.45) is 0 Å². The van der Waals surface area contributed by atoms with Crippen LogP contribution in [0.4, 0.5) is 0 Å². The standard InChI is InChI=1S/C17H17ClN2O5S2/c1-24-11-3-4-13-12(7-11)10(9-19-13)5-6-20-27(22,23)14-8-15(18)26-16(14)17(21)25-2/h3-4,7-9,19-20H,5-6H2,1-2H3. The lowest BCUT2D eigenvalue weighted by molar-refractivity contribution is 0.0602. The fourth-order valence-corrected chi connectivity index (χ4v) is 5.43. The van der Waals surface area contributed by atoms with Gasteiger partial charge in [0, 0.05) is 23.6 Å². The van der Waals surface area contributed by atoms with Crippen LogP contribution >= 0.6 is 22.9 Å². The lowest BCUT2D eigenvalue weighted by Crippen LogP contribution is -2.27. The fourth-order valence-electron chi connectivity index (χ4n) is 2.67. The molecule has 0 radical (unpaired) electrons. The topological polar surface area (TPSA) is 97.5 Å². The molecule has 1 aromatic carbocycles. The first-order chi connectivity index (χ1) is 12.9. The summed E-state index contributed by atoms with van der Waals surface area (Å²) in [7, 11) is -1.13. The van der Waals surface area contributed by atoms with Gasteiger partial charge in [-0.15, -0.1) is 11.3 Å². The van der Waals surface area contributed by atoms with E-state index < -0.39 is 16.0 Å². The number of methoxy groups -OCH3 is 2. The Balaban J connectivity index is 1.76. The number of sulfonamides is 1. The predicted octanol–water partition coefficient (Wildman–Crippen LogP) is 3.20. The van der Waals surface area contributed by atoms with E-state index in [0.29, 0.717) is 6.42 Å². The second-order valence-electron chi connectivity index (χ2n) is 5.61. The van der Waals surface area contributed by atoms with E-state index in [4.69, 9.17) is 16.3 Å². The van der Waals surface area contributed by atoms with Crippen molar-refractivity contribution in [3.8, 4) is 5.75 Å². The van der Waals surface area contributed by atoms with Gasteiger partial charge in [0.25, 0.3) is 0 Å². The lowest BCUT2D eigenvalue weighted by Gasteiger charge is -2.07. The number of benzene rings is 1. The zero-order valence-corrected chi connectivity index (χ0v) is 16.9. The van der Waals surface area contributed by atoms with E-state index in [0.717, 1.165) is 33.6 Å². The molecule has 0 saturated heterocycles. The largest absolute Gasteiger partial charge is 0.497 e. The molecule has 3 aromatic rings. The number of fused-ring (bicyclic) bond motifs is 1. The summed E-state index contributed by atoms with van der Waals surface area (Å²) in [6.45, 7) is 0.153. The second kappa shape index (κ2) is 7.89. The number of carbonyl (C=O) groups excluding carboxylic acids is 1. The number of nitrogens with one attached hydrogen (secondary N) is 2. The normalized spacial score (nSPS) is 11.7. The van der Waals surface area contributed by atoms with Gasteiger partial charge in [-0.2, -0.15) is 0 Å².